The number of carbonyl (C=O) groups excluding carboxylic acids is 2. The van der Waals surface area contributed by atoms with Crippen LogP contribution < -0.4 is 10.2 Å². The van der Waals surface area contributed by atoms with Crippen LogP contribution in [0, 0.1) is 0 Å². The van der Waals surface area contributed by atoms with E-state index < -0.39 is 36.7 Å². The fourth-order valence-electron chi connectivity index (χ4n) is 0.347. The van der Waals surface area contributed by atoms with Crippen molar-refractivity contribution < 1.29 is 39.6 Å². The van der Waals surface area contributed by atoms with Crippen LogP contribution in [0.5, 0.6) is 0 Å². The van der Waals surface area contributed by atoms with E-state index in [4.69, 9.17) is 10.2 Å². The van der Waals surface area contributed by atoms with E-state index in [-0.39, 0.29) is 48.9 Å². The van der Waals surface area contributed by atoms with Gasteiger partial charge in [0.2, 0.25) is 0 Å². The van der Waals surface area contributed by atoms with Gasteiger partial charge in [-0.1, -0.05) is 0 Å². The largest absolute Gasteiger partial charge is 2.00 e. The molecular weight excluding hydrogens is 361 g/mol. The Morgan fingerprint density at radius 3 is 1.18 bits per heavy atom. The Kier molecular flexibility index (Phi) is 16.7. The van der Waals surface area contributed by atoms with E-state index in [1.165, 1.54) is 0 Å². The van der Waals surface area contributed by atoms with Gasteiger partial charge in [0.1, 0.15) is 0 Å². The molecule has 0 atom stereocenters. The third-order valence-corrected chi connectivity index (χ3v) is 0.902. The Morgan fingerprint density at radius 2 is 1.06 bits per heavy atom. The first-order valence-electron chi connectivity index (χ1n) is 3.79. The second kappa shape index (κ2) is 13.3. The van der Waals surface area contributed by atoms with Crippen molar-refractivity contribution in [3.63, 3.8) is 0 Å². The summed E-state index contributed by atoms with van der Waals surface area (Å²) in [5.74, 6) is -5.25. The molecule has 17 heavy (non-hydrogen) atoms. The second-order valence-corrected chi connectivity index (χ2v) is 2.25. The summed E-state index contributed by atoms with van der Waals surface area (Å²) >= 11 is 0. The van der Waals surface area contributed by atoms with Crippen molar-refractivity contribution in [1.29, 1.82) is 0 Å². The van der Waals surface area contributed by atoms with Gasteiger partial charge in [0.25, 0.3) is 0 Å². The van der Waals surface area contributed by atoms with Crippen LogP contribution in [0.1, 0.15) is 12.8 Å². The van der Waals surface area contributed by atoms with Crippen LogP contribution in [0.2, 0.25) is 0 Å². The van der Waals surface area contributed by atoms with Crippen LogP contribution in [-0.2, 0) is 19.2 Å². The molecular formula is C8H8BaO8. The van der Waals surface area contributed by atoms with Crippen molar-refractivity contribution in [3.05, 3.63) is 12.2 Å². The summed E-state index contributed by atoms with van der Waals surface area (Å²) in [6.45, 7) is 0. The fourth-order valence-corrected chi connectivity index (χ4v) is 0.347. The summed E-state index contributed by atoms with van der Waals surface area (Å²) in [5, 5.41) is 34.6. The Morgan fingerprint density at radius 1 is 0.824 bits per heavy atom. The fraction of sp³-hybridized carbons (Fsp3) is 0.250. The van der Waals surface area contributed by atoms with Crippen molar-refractivity contribution in [3.8, 4) is 0 Å². The summed E-state index contributed by atoms with van der Waals surface area (Å²) in [6.07, 6.45) is 0.176. The zero-order valence-corrected chi connectivity index (χ0v) is 13.1. The van der Waals surface area contributed by atoms with E-state index in [0.29, 0.717) is 12.2 Å². The SMILES string of the molecule is O=C(O)/C=C\C(=O)O.O=C([O-])CCC(=O)[O-].[Ba+2]. The third kappa shape index (κ3) is 31.3. The van der Waals surface area contributed by atoms with Gasteiger partial charge in [-0.15, -0.1) is 0 Å². The monoisotopic (exact) mass is 370 g/mol. The van der Waals surface area contributed by atoms with Crippen LogP contribution in [0.4, 0.5) is 0 Å². The molecule has 0 aromatic rings. The van der Waals surface area contributed by atoms with Crippen LogP contribution >= 0.6 is 0 Å². The number of carbonyl (C=O) groups is 4. The van der Waals surface area contributed by atoms with Gasteiger partial charge in [0.15, 0.2) is 0 Å². The Balaban J connectivity index is -0.000000218. The molecule has 0 aliphatic rings. The molecule has 0 bridgehead atoms. The molecule has 0 heterocycles. The standard InChI is InChI=1S/C4H6O4.C4H4O4.Ba/c2*5-3(6)1-2-4(7)8;/h1-2H2,(H,5,6)(H,7,8);1-2H,(H,5,6)(H,7,8);/q;;+2/p-2/b;2-1-;. The van der Waals surface area contributed by atoms with E-state index >= 15 is 0 Å². The molecule has 0 fully saturated rings. The van der Waals surface area contributed by atoms with E-state index in [0.717, 1.165) is 0 Å². The molecule has 0 aromatic carbocycles. The second-order valence-electron chi connectivity index (χ2n) is 2.25. The molecule has 0 aliphatic carbocycles. The molecule has 0 unspecified atom stereocenters. The molecule has 0 rings (SSSR count). The van der Waals surface area contributed by atoms with Gasteiger partial charge in [-0.3, -0.25) is 0 Å². The topological polar surface area (TPSA) is 155 Å². The van der Waals surface area contributed by atoms with Crippen molar-refractivity contribution in [2.75, 3.05) is 0 Å². The van der Waals surface area contributed by atoms with Crippen molar-refractivity contribution >= 4 is 72.8 Å². The van der Waals surface area contributed by atoms with Gasteiger partial charge in [-0.05, 0) is 12.8 Å². The summed E-state index contributed by atoms with van der Waals surface area (Å²) in [7, 11) is 0. The first-order valence-corrected chi connectivity index (χ1v) is 3.79. The number of rotatable bonds is 5. The smallest absolute Gasteiger partial charge is 0.550 e. The predicted octanol–water partition coefficient (Wildman–Crippen LogP) is -3.40. The van der Waals surface area contributed by atoms with Gasteiger partial charge in [-0.25, -0.2) is 9.59 Å². The average molecular weight is 369 g/mol. The van der Waals surface area contributed by atoms with Crippen LogP contribution in [0.25, 0.3) is 0 Å². The van der Waals surface area contributed by atoms with E-state index in [1.807, 2.05) is 0 Å². The van der Waals surface area contributed by atoms with Crippen molar-refractivity contribution in [2.45, 2.75) is 12.8 Å². The summed E-state index contributed by atoms with van der Waals surface area (Å²) in [6, 6.07) is 0. The zero-order valence-electron chi connectivity index (χ0n) is 8.62. The molecule has 0 amide bonds. The Labute approximate surface area is 136 Å². The summed E-state index contributed by atoms with van der Waals surface area (Å²) < 4.78 is 0. The van der Waals surface area contributed by atoms with E-state index in [2.05, 4.69) is 0 Å². The van der Waals surface area contributed by atoms with Gasteiger partial charge >= 0.3 is 60.8 Å². The minimum Gasteiger partial charge on any atom is -0.550 e. The first kappa shape index (κ1) is 21.5. The van der Waals surface area contributed by atoms with Crippen molar-refractivity contribution in [1.82, 2.24) is 0 Å². The van der Waals surface area contributed by atoms with Crippen LogP contribution in [-0.4, -0.2) is 83.0 Å². The van der Waals surface area contributed by atoms with Crippen molar-refractivity contribution in [2.24, 2.45) is 0 Å². The number of hydrogen-bond acceptors (Lipinski definition) is 6. The first-order chi connectivity index (χ1) is 7.25. The normalized spacial score (nSPS) is 8.47. The maximum atomic E-state index is 9.55. The van der Waals surface area contributed by atoms with Gasteiger partial charge < -0.3 is 30.0 Å². The summed E-state index contributed by atoms with van der Waals surface area (Å²) in [4.78, 5) is 38.1. The van der Waals surface area contributed by atoms with E-state index in [9.17, 15) is 29.4 Å². The molecule has 0 saturated carbocycles. The molecule has 9 heteroatoms. The predicted molar refractivity (Wildman–Crippen MR) is 49.4 cm³/mol. The third-order valence-electron chi connectivity index (χ3n) is 0.902. The average Bonchev–Trinajstić information content (AvgIpc) is 2.12. The molecule has 0 spiro atoms. The molecule has 0 radical (unpaired) electrons. The maximum Gasteiger partial charge on any atom is 2.00 e. The van der Waals surface area contributed by atoms with Gasteiger partial charge in [0.05, 0.1) is 0 Å². The molecule has 2 N–H and O–H groups in total. The number of carboxylic acid groups (broad SMARTS) is 4. The minimum absolute atomic E-state index is 0. The quantitative estimate of drug-likeness (QED) is 0.375. The number of hydrogen-bond donors (Lipinski definition) is 2. The number of carboxylic acids is 4. The van der Waals surface area contributed by atoms with E-state index in [1.54, 1.807) is 0 Å². The Bertz CT molecular complexity index is 279. The zero-order chi connectivity index (χ0) is 13.1. The summed E-state index contributed by atoms with van der Waals surface area (Å²) in [5.41, 5.74) is 0. The Hall–Kier alpha value is -0.809. The molecule has 0 saturated heterocycles. The maximum absolute atomic E-state index is 9.55. The van der Waals surface area contributed by atoms with Crippen LogP contribution in [0.15, 0.2) is 12.2 Å². The molecule has 90 valence electrons. The van der Waals surface area contributed by atoms with Gasteiger partial charge in [0, 0.05) is 24.1 Å². The number of aliphatic carboxylic acids is 4. The molecule has 0 aromatic heterocycles. The van der Waals surface area contributed by atoms with Gasteiger partial charge in [-0.2, -0.15) is 0 Å². The molecule has 0 aliphatic heterocycles. The minimum atomic E-state index is -1.37. The van der Waals surface area contributed by atoms with Crippen LogP contribution in [0.3, 0.4) is 0 Å². The molecule has 8 nitrogen and oxygen atoms in total.